The van der Waals surface area contributed by atoms with Crippen molar-refractivity contribution < 1.29 is 4.79 Å². The first-order chi connectivity index (χ1) is 8.09. The van der Waals surface area contributed by atoms with Gasteiger partial charge in [0.05, 0.1) is 6.04 Å². The Kier molecular flexibility index (Phi) is 5.63. The lowest BCUT2D eigenvalue weighted by molar-refractivity contribution is -0.122. The Morgan fingerprint density at radius 1 is 1.41 bits per heavy atom. The summed E-state index contributed by atoms with van der Waals surface area (Å²) in [6, 6.07) is 3.49. The van der Waals surface area contributed by atoms with Crippen molar-refractivity contribution in [2.45, 2.75) is 32.7 Å². The topological polar surface area (TPSA) is 68.0 Å². The van der Waals surface area contributed by atoms with Crippen LogP contribution in [0.1, 0.15) is 25.8 Å². The molecule has 3 N–H and O–H groups in total. The summed E-state index contributed by atoms with van der Waals surface area (Å²) in [5.41, 5.74) is 6.94. The van der Waals surface area contributed by atoms with Gasteiger partial charge in [-0.3, -0.25) is 9.78 Å². The molecule has 1 heterocycles. The lowest BCUT2D eigenvalue weighted by atomic mass is 10.0. The SMILES string of the molecule is CC(C)C[C@H](N)C(=O)NCCc1ccncc1. The van der Waals surface area contributed by atoms with Crippen molar-refractivity contribution in [1.29, 1.82) is 0 Å². The molecule has 1 aromatic rings. The first-order valence-corrected chi connectivity index (χ1v) is 6.01. The number of pyridine rings is 1. The molecule has 4 heteroatoms. The van der Waals surface area contributed by atoms with E-state index < -0.39 is 6.04 Å². The van der Waals surface area contributed by atoms with Gasteiger partial charge in [0.25, 0.3) is 0 Å². The third-order valence-corrected chi connectivity index (χ3v) is 2.52. The maximum Gasteiger partial charge on any atom is 0.236 e. The van der Waals surface area contributed by atoms with Crippen molar-refractivity contribution in [2.24, 2.45) is 11.7 Å². The molecular weight excluding hydrogens is 214 g/mol. The average Bonchev–Trinajstić information content (AvgIpc) is 2.29. The molecule has 0 aliphatic carbocycles. The van der Waals surface area contributed by atoms with Crippen LogP contribution in [0, 0.1) is 5.92 Å². The van der Waals surface area contributed by atoms with Crippen LogP contribution < -0.4 is 11.1 Å². The number of hydrogen-bond acceptors (Lipinski definition) is 3. The molecule has 0 saturated heterocycles. The second-order valence-electron chi connectivity index (χ2n) is 4.63. The van der Waals surface area contributed by atoms with Crippen LogP contribution in [0.3, 0.4) is 0 Å². The van der Waals surface area contributed by atoms with Crippen molar-refractivity contribution in [3.05, 3.63) is 30.1 Å². The molecule has 0 saturated carbocycles. The summed E-state index contributed by atoms with van der Waals surface area (Å²) in [5, 5.41) is 2.85. The number of carbonyl (C=O) groups is 1. The summed E-state index contributed by atoms with van der Waals surface area (Å²) >= 11 is 0. The van der Waals surface area contributed by atoms with Crippen LogP contribution in [0.5, 0.6) is 0 Å². The second-order valence-corrected chi connectivity index (χ2v) is 4.63. The fourth-order valence-electron chi connectivity index (χ4n) is 1.63. The summed E-state index contributed by atoms with van der Waals surface area (Å²) < 4.78 is 0. The molecular formula is C13H21N3O. The number of nitrogens with zero attached hydrogens (tertiary/aromatic N) is 1. The van der Waals surface area contributed by atoms with Gasteiger partial charge in [-0.2, -0.15) is 0 Å². The van der Waals surface area contributed by atoms with Crippen LogP contribution in [-0.2, 0) is 11.2 Å². The standard InChI is InChI=1S/C13H21N3O/c1-10(2)9-12(14)13(17)16-8-5-11-3-6-15-7-4-11/h3-4,6-7,10,12H,5,8-9,14H2,1-2H3,(H,16,17)/t12-/m0/s1. The van der Waals surface area contributed by atoms with E-state index in [0.717, 1.165) is 18.4 Å². The highest BCUT2D eigenvalue weighted by Crippen LogP contribution is 2.02. The first kappa shape index (κ1) is 13.6. The van der Waals surface area contributed by atoms with E-state index in [0.29, 0.717) is 12.5 Å². The Morgan fingerprint density at radius 3 is 2.65 bits per heavy atom. The molecule has 0 aromatic carbocycles. The largest absolute Gasteiger partial charge is 0.354 e. The number of carbonyl (C=O) groups excluding carboxylic acids is 1. The van der Waals surface area contributed by atoms with E-state index >= 15 is 0 Å². The molecule has 0 aliphatic heterocycles. The van der Waals surface area contributed by atoms with Gasteiger partial charge in [0.1, 0.15) is 0 Å². The number of nitrogens with two attached hydrogens (primary N) is 1. The molecule has 4 nitrogen and oxygen atoms in total. The third-order valence-electron chi connectivity index (χ3n) is 2.52. The number of hydrogen-bond donors (Lipinski definition) is 2. The fraction of sp³-hybridized carbons (Fsp3) is 0.538. The van der Waals surface area contributed by atoms with E-state index in [-0.39, 0.29) is 5.91 Å². The minimum Gasteiger partial charge on any atom is -0.354 e. The van der Waals surface area contributed by atoms with E-state index in [1.54, 1.807) is 12.4 Å². The number of nitrogens with one attached hydrogen (secondary N) is 1. The Balaban J connectivity index is 2.24. The zero-order chi connectivity index (χ0) is 12.7. The average molecular weight is 235 g/mol. The van der Waals surface area contributed by atoms with E-state index in [9.17, 15) is 4.79 Å². The number of rotatable bonds is 6. The lowest BCUT2D eigenvalue weighted by Crippen LogP contribution is -2.42. The predicted octanol–water partition coefficient (Wildman–Crippen LogP) is 1.11. The number of aromatic nitrogens is 1. The van der Waals surface area contributed by atoms with Crippen LogP contribution >= 0.6 is 0 Å². The Labute approximate surface area is 103 Å². The van der Waals surface area contributed by atoms with Crippen molar-refractivity contribution in [3.8, 4) is 0 Å². The van der Waals surface area contributed by atoms with Crippen molar-refractivity contribution in [3.63, 3.8) is 0 Å². The summed E-state index contributed by atoms with van der Waals surface area (Å²) in [6.45, 7) is 4.74. The van der Waals surface area contributed by atoms with Crippen LogP contribution in [0.4, 0.5) is 0 Å². The maximum atomic E-state index is 11.6. The predicted molar refractivity (Wildman–Crippen MR) is 68.4 cm³/mol. The van der Waals surface area contributed by atoms with Gasteiger partial charge >= 0.3 is 0 Å². The summed E-state index contributed by atoms with van der Waals surface area (Å²) in [7, 11) is 0. The summed E-state index contributed by atoms with van der Waals surface area (Å²) in [6.07, 6.45) is 5.03. The van der Waals surface area contributed by atoms with Gasteiger partial charge in [-0.25, -0.2) is 0 Å². The minimum absolute atomic E-state index is 0.0623. The quantitative estimate of drug-likeness (QED) is 0.776. The van der Waals surface area contributed by atoms with Crippen LogP contribution in [0.15, 0.2) is 24.5 Å². The van der Waals surface area contributed by atoms with Gasteiger partial charge in [-0.15, -0.1) is 0 Å². The molecule has 0 aliphatic rings. The normalized spacial score (nSPS) is 12.5. The molecule has 0 spiro atoms. The first-order valence-electron chi connectivity index (χ1n) is 6.01. The zero-order valence-corrected chi connectivity index (χ0v) is 10.5. The maximum absolute atomic E-state index is 11.6. The molecule has 0 radical (unpaired) electrons. The lowest BCUT2D eigenvalue weighted by Gasteiger charge is -2.14. The smallest absolute Gasteiger partial charge is 0.236 e. The Bertz CT molecular complexity index is 338. The van der Waals surface area contributed by atoms with Gasteiger partial charge in [-0.1, -0.05) is 13.8 Å². The van der Waals surface area contributed by atoms with Gasteiger partial charge in [0, 0.05) is 18.9 Å². The highest BCUT2D eigenvalue weighted by Gasteiger charge is 2.13. The molecule has 1 amide bonds. The monoisotopic (exact) mass is 235 g/mol. The molecule has 1 atom stereocenters. The molecule has 1 aromatic heterocycles. The Morgan fingerprint density at radius 2 is 2.06 bits per heavy atom. The van der Waals surface area contributed by atoms with Crippen molar-refractivity contribution in [1.82, 2.24) is 10.3 Å². The van der Waals surface area contributed by atoms with Crippen molar-refractivity contribution in [2.75, 3.05) is 6.54 Å². The second kappa shape index (κ2) is 7.01. The number of amides is 1. The molecule has 94 valence electrons. The fourth-order valence-corrected chi connectivity index (χ4v) is 1.63. The van der Waals surface area contributed by atoms with Gasteiger partial charge < -0.3 is 11.1 Å². The third kappa shape index (κ3) is 5.45. The van der Waals surface area contributed by atoms with Gasteiger partial charge in [0.15, 0.2) is 0 Å². The zero-order valence-electron chi connectivity index (χ0n) is 10.5. The van der Waals surface area contributed by atoms with Gasteiger partial charge in [-0.05, 0) is 36.5 Å². The van der Waals surface area contributed by atoms with Gasteiger partial charge in [0.2, 0.25) is 5.91 Å². The van der Waals surface area contributed by atoms with Crippen LogP contribution in [0.2, 0.25) is 0 Å². The van der Waals surface area contributed by atoms with Crippen LogP contribution in [-0.4, -0.2) is 23.5 Å². The molecule has 0 fully saturated rings. The Hall–Kier alpha value is -1.42. The molecule has 17 heavy (non-hydrogen) atoms. The highest BCUT2D eigenvalue weighted by atomic mass is 16.2. The van der Waals surface area contributed by atoms with Crippen LogP contribution in [0.25, 0.3) is 0 Å². The minimum atomic E-state index is -0.396. The van der Waals surface area contributed by atoms with E-state index in [1.807, 2.05) is 12.1 Å². The molecule has 0 unspecified atom stereocenters. The van der Waals surface area contributed by atoms with E-state index in [2.05, 4.69) is 24.1 Å². The van der Waals surface area contributed by atoms with E-state index in [4.69, 9.17) is 5.73 Å². The molecule has 0 bridgehead atoms. The van der Waals surface area contributed by atoms with Crippen molar-refractivity contribution >= 4 is 5.91 Å². The molecule has 1 rings (SSSR count). The highest BCUT2D eigenvalue weighted by molar-refractivity contribution is 5.81. The summed E-state index contributed by atoms with van der Waals surface area (Å²) in [4.78, 5) is 15.6. The summed E-state index contributed by atoms with van der Waals surface area (Å²) in [5.74, 6) is 0.378. The van der Waals surface area contributed by atoms with E-state index in [1.165, 1.54) is 0 Å².